The first-order valence-corrected chi connectivity index (χ1v) is 11.2. The van der Waals surface area contributed by atoms with Crippen LogP contribution in [0.4, 0.5) is 0 Å². The van der Waals surface area contributed by atoms with E-state index in [4.69, 9.17) is 4.42 Å². The summed E-state index contributed by atoms with van der Waals surface area (Å²) in [5.41, 5.74) is 2.15. The molecule has 1 fully saturated rings. The van der Waals surface area contributed by atoms with Crippen LogP contribution in [0.2, 0.25) is 0 Å². The van der Waals surface area contributed by atoms with Gasteiger partial charge in [-0.3, -0.25) is 9.69 Å². The van der Waals surface area contributed by atoms with Crippen molar-refractivity contribution < 1.29 is 14.3 Å². The summed E-state index contributed by atoms with van der Waals surface area (Å²) in [7, 11) is 0. The smallest absolute Gasteiger partial charge is 0.248 e. The average Bonchev–Trinajstić information content (AvgIpc) is 3.45. The molecule has 3 aromatic rings. The zero-order chi connectivity index (χ0) is 20.8. The molecule has 0 aliphatic carbocycles. The van der Waals surface area contributed by atoms with Crippen LogP contribution in [0.3, 0.4) is 0 Å². The second-order valence-electron chi connectivity index (χ2n) is 7.64. The summed E-state index contributed by atoms with van der Waals surface area (Å²) in [4.78, 5) is 14.9. The van der Waals surface area contributed by atoms with E-state index >= 15 is 0 Å². The van der Waals surface area contributed by atoms with Gasteiger partial charge in [0.2, 0.25) is 17.7 Å². The summed E-state index contributed by atoms with van der Waals surface area (Å²) >= 11 is 1.57. The standard InChI is InChI=1S/C22H26N4O3S/c27-14-17-8-10-26(12-16-4-2-1-3-5-16)13-19(17)23-20(28)6-7-21-24-25-22(29-21)18-9-11-30-15-18/h1-5,9,11,15,17,19,27H,6-8,10,12-14H2,(H,23,28)/t17-,19-/m0/s1. The molecule has 7 nitrogen and oxygen atoms in total. The third-order valence-corrected chi connectivity index (χ3v) is 6.15. The van der Waals surface area contributed by atoms with Crippen LogP contribution in [0.15, 0.2) is 51.6 Å². The van der Waals surface area contributed by atoms with Crippen LogP contribution >= 0.6 is 11.3 Å². The van der Waals surface area contributed by atoms with Crippen LogP contribution in [-0.2, 0) is 17.8 Å². The predicted octanol–water partition coefficient (Wildman–Crippen LogP) is 2.73. The molecule has 1 amide bonds. The zero-order valence-corrected chi connectivity index (χ0v) is 17.6. The molecule has 0 radical (unpaired) electrons. The van der Waals surface area contributed by atoms with E-state index in [-0.39, 0.29) is 30.9 Å². The average molecular weight is 427 g/mol. The third kappa shape index (κ3) is 5.33. The summed E-state index contributed by atoms with van der Waals surface area (Å²) in [6, 6.07) is 12.2. The van der Waals surface area contributed by atoms with Crippen molar-refractivity contribution >= 4 is 17.2 Å². The molecule has 2 N–H and O–H groups in total. The zero-order valence-electron chi connectivity index (χ0n) is 16.7. The van der Waals surface area contributed by atoms with Crippen molar-refractivity contribution in [3.8, 4) is 11.5 Å². The Labute approximate surface area is 179 Å². The first-order chi connectivity index (χ1) is 14.7. The molecule has 2 aromatic heterocycles. The van der Waals surface area contributed by atoms with Crippen molar-refractivity contribution in [2.75, 3.05) is 19.7 Å². The molecular weight excluding hydrogens is 400 g/mol. The van der Waals surface area contributed by atoms with Gasteiger partial charge in [0.05, 0.1) is 0 Å². The molecule has 0 saturated carbocycles. The lowest BCUT2D eigenvalue weighted by Gasteiger charge is -2.38. The second kappa shape index (κ2) is 9.97. The number of aliphatic hydroxyl groups excluding tert-OH is 1. The number of benzene rings is 1. The fraction of sp³-hybridized carbons (Fsp3) is 0.409. The lowest BCUT2D eigenvalue weighted by atomic mass is 9.91. The highest BCUT2D eigenvalue weighted by molar-refractivity contribution is 7.08. The number of carbonyl (C=O) groups is 1. The van der Waals surface area contributed by atoms with Crippen molar-refractivity contribution in [3.63, 3.8) is 0 Å². The van der Waals surface area contributed by atoms with E-state index in [2.05, 4.69) is 32.5 Å². The van der Waals surface area contributed by atoms with E-state index in [1.165, 1.54) is 5.56 Å². The topological polar surface area (TPSA) is 91.5 Å². The molecule has 0 spiro atoms. The van der Waals surface area contributed by atoms with Gasteiger partial charge >= 0.3 is 0 Å². The molecule has 0 unspecified atom stereocenters. The fourth-order valence-electron chi connectivity index (χ4n) is 3.79. The minimum Gasteiger partial charge on any atom is -0.421 e. The lowest BCUT2D eigenvalue weighted by Crippen LogP contribution is -2.53. The largest absolute Gasteiger partial charge is 0.421 e. The number of rotatable bonds is 8. The van der Waals surface area contributed by atoms with Crippen molar-refractivity contribution in [1.29, 1.82) is 0 Å². The van der Waals surface area contributed by atoms with Crippen molar-refractivity contribution in [1.82, 2.24) is 20.4 Å². The maximum Gasteiger partial charge on any atom is 0.248 e. The van der Waals surface area contributed by atoms with Crippen LogP contribution in [0.25, 0.3) is 11.5 Å². The van der Waals surface area contributed by atoms with Crippen molar-refractivity contribution in [2.24, 2.45) is 5.92 Å². The molecule has 1 saturated heterocycles. The van der Waals surface area contributed by atoms with E-state index in [1.807, 2.05) is 35.0 Å². The maximum atomic E-state index is 12.5. The van der Waals surface area contributed by atoms with Gasteiger partial charge in [0.25, 0.3) is 0 Å². The Morgan fingerprint density at radius 3 is 2.90 bits per heavy atom. The molecule has 3 heterocycles. The molecule has 8 heteroatoms. The number of nitrogens with zero attached hydrogens (tertiary/aromatic N) is 3. The number of amides is 1. The van der Waals surface area contributed by atoms with Gasteiger partial charge in [-0.25, -0.2) is 0 Å². The molecule has 4 rings (SSSR count). The molecule has 0 bridgehead atoms. The molecule has 1 aliphatic rings. The third-order valence-electron chi connectivity index (χ3n) is 5.47. The predicted molar refractivity (Wildman–Crippen MR) is 115 cm³/mol. The number of aryl methyl sites for hydroxylation is 1. The number of nitrogens with one attached hydrogen (secondary N) is 1. The summed E-state index contributed by atoms with van der Waals surface area (Å²) in [6.45, 7) is 2.57. The van der Waals surface area contributed by atoms with Gasteiger partial charge in [-0.2, -0.15) is 11.3 Å². The molecule has 1 aliphatic heterocycles. The summed E-state index contributed by atoms with van der Waals surface area (Å²) in [5, 5.41) is 24.8. The van der Waals surface area contributed by atoms with Crippen LogP contribution in [0.1, 0.15) is 24.3 Å². The first-order valence-electron chi connectivity index (χ1n) is 10.2. The molecule has 158 valence electrons. The summed E-state index contributed by atoms with van der Waals surface area (Å²) in [5.74, 6) is 0.958. The number of piperidine rings is 1. The van der Waals surface area contributed by atoms with Gasteiger partial charge < -0.3 is 14.8 Å². The fourth-order valence-corrected chi connectivity index (χ4v) is 4.42. The second-order valence-corrected chi connectivity index (χ2v) is 8.42. The highest BCUT2D eigenvalue weighted by atomic mass is 32.1. The number of carbonyl (C=O) groups excluding carboxylic acids is 1. The monoisotopic (exact) mass is 426 g/mol. The highest BCUT2D eigenvalue weighted by Gasteiger charge is 2.30. The van der Waals surface area contributed by atoms with E-state index in [0.717, 1.165) is 31.6 Å². The Balaban J connectivity index is 1.29. The van der Waals surface area contributed by atoms with E-state index < -0.39 is 0 Å². The first kappa shape index (κ1) is 20.7. The minimum atomic E-state index is -0.0657. The van der Waals surface area contributed by atoms with Crippen LogP contribution in [-0.4, -0.2) is 51.8 Å². The number of aliphatic hydroxyl groups is 1. The molecule has 2 atom stereocenters. The Morgan fingerprint density at radius 1 is 1.27 bits per heavy atom. The highest BCUT2D eigenvalue weighted by Crippen LogP contribution is 2.22. The number of hydrogen-bond donors (Lipinski definition) is 2. The molecule has 1 aromatic carbocycles. The van der Waals surface area contributed by atoms with Crippen molar-refractivity contribution in [3.05, 3.63) is 58.6 Å². The van der Waals surface area contributed by atoms with Crippen LogP contribution in [0.5, 0.6) is 0 Å². The summed E-state index contributed by atoms with van der Waals surface area (Å²) < 4.78 is 5.65. The minimum absolute atomic E-state index is 0.0599. The normalized spacial score (nSPS) is 19.6. The van der Waals surface area contributed by atoms with Gasteiger partial charge in [-0.05, 0) is 30.0 Å². The number of thiophene rings is 1. The molecular formula is C22H26N4O3S. The summed E-state index contributed by atoms with van der Waals surface area (Å²) in [6.07, 6.45) is 1.54. The number of likely N-dealkylation sites (tertiary alicyclic amines) is 1. The number of hydrogen-bond acceptors (Lipinski definition) is 7. The number of aromatic nitrogens is 2. The van der Waals surface area contributed by atoms with E-state index in [9.17, 15) is 9.90 Å². The Morgan fingerprint density at radius 2 is 2.13 bits per heavy atom. The van der Waals surface area contributed by atoms with Gasteiger partial charge in [0, 0.05) is 55.4 Å². The van der Waals surface area contributed by atoms with Gasteiger partial charge in [-0.15, -0.1) is 10.2 Å². The quantitative estimate of drug-likeness (QED) is 0.576. The van der Waals surface area contributed by atoms with E-state index in [1.54, 1.807) is 11.3 Å². The SMILES string of the molecule is O=C(CCc1nnc(-c2ccsc2)o1)N[C@H]1CN(Cc2ccccc2)CC[C@H]1CO. The van der Waals surface area contributed by atoms with Gasteiger partial charge in [0.1, 0.15) is 0 Å². The Kier molecular flexibility index (Phi) is 6.88. The van der Waals surface area contributed by atoms with Crippen LogP contribution < -0.4 is 5.32 Å². The molecule has 30 heavy (non-hydrogen) atoms. The van der Waals surface area contributed by atoms with Gasteiger partial charge in [-0.1, -0.05) is 30.3 Å². The maximum absolute atomic E-state index is 12.5. The van der Waals surface area contributed by atoms with Crippen LogP contribution in [0, 0.1) is 5.92 Å². The lowest BCUT2D eigenvalue weighted by molar-refractivity contribution is -0.122. The van der Waals surface area contributed by atoms with Crippen molar-refractivity contribution in [2.45, 2.75) is 31.8 Å². The van der Waals surface area contributed by atoms with E-state index in [0.29, 0.717) is 18.2 Å². The van der Waals surface area contributed by atoms with Gasteiger partial charge in [0.15, 0.2) is 0 Å². The Hall–Kier alpha value is -2.55. The Bertz CT molecular complexity index is 929.